The van der Waals surface area contributed by atoms with Gasteiger partial charge < -0.3 is 10.1 Å². The molecule has 1 saturated heterocycles. The molecular weight excluding hydrogens is 278 g/mol. The Morgan fingerprint density at radius 1 is 1.24 bits per heavy atom. The van der Waals surface area contributed by atoms with Crippen LogP contribution in [0.3, 0.4) is 0 Å². The highest BCUT2D eigenvalue weighted by Crippen LogP contribution is 2.35. The lowest BCUT2D eigenvalue weighted by atomic mass is 9.94. The van der Waals surface area contributed by atoms with Gasteiger partial charge in [0.05, 0.1) is 6.10 Å². The molecular formula is C14H18BrNO. The third-order valence-corrected chi connectivity index (χ3v) is 4.31. The molecule has 1 saturated carbocycles. The zero-order valence-electron chi connectivity index (χ0n) is 9.92. The predicted octanol–water partition coefficient (Wildman–Crippen LogP) is 3.46. The van der Waals surface area contributed by atoms with Crippen LogP contribution in [-0.4, -0.2) is 19.2 Å². The summed E-state index contributed by atoms with van der Waals surface area (Å²) in [4.78, 5) is 0. The molecule has 2 aliphatic rings. The molecule has 0 amide bonds. The highest BCUT2D eigenvalue weighted by atomic mass is 79.9. The van der Waals surface area contributed by atoms with E-state index in [0.29, 0.717) is 12.0 Å². The van der Waals surface area contributed by atoms with Crippen molar-refractivity contribution in [3.63, 3.8) is 0 Å². The number of halogens is 1. The summed E-state index contributed by atoms with van der Waals surface area (Å²) in [5, 5.41) is 3.43. The van der Waals surface area contributed by atoms with Gasteiger partial charge in [-0.1, -0.05) is 15.9 Å². The predicted molar refractivity (Wildman–Crippen MR) is 72.6 cm³/mol. The van der Waals surface area contributed by atoms with E-state index in [1.54, 1.807) is 0 Å². The van der Waals surface area contributed by atoms with Gasteiger partial charge in [0.2, 0.25) is 0 Å². The average Bonchev–Trinajstić information content (AvgIpc) is 2.78. The molecule has 3 heteroatoms. The van der Waals surface area contributed by atoms with Crippen LogP contribution in [0.25, 0.3) is 0 Å². The van der Waals surface area contributed by atoms with Gasteiger partial charge in [0.1, 0.15) is 5.75 Å². The van der Waals surface area contributed by atoms with E-state index in [9.17, 15) is 0 Å². The average molecular weight is 296 g/mol. The van der Waals surface area contributed by atoms with E-state index < -0.39 is 0 Å². The summed E-state index contributed by atoms with van der Waals surface area (Å²) in [6.45, 7) is 2.21. The van der Waals surface area contributed by atoms with Gasteiger partial charge in [-0.3, -0.25) is 0 Å². The molecule has 1 aliphatic carbocycles. The Morgan fingerprint density at radius 2 is 2.12 bits per heavy atom. The molecule has 17 heavy (non-hydrogen) atoms. The Bertz CT molecular complexity index is 397. The molecule has 0 radical (unpaired) electrons. The van der Waals surface area contributed by atoms with Crippen molar-refractivity contribution in [3.05, 3.63) is 28.2 Å². The van der Waals surface area contributed by atoms with Gasteiger partial charge >= 0.3 is 0 Å². The van der Waals surface area contributed by atoms with E-state index in [2.05, 4.69) is 39.4 Å². The second kappa shape index (κ2) is 4.99. The van der Waals surface area contributed by atoms with Crippen LogP contribution in [0, 0.1) is 0 Å². The Kier molecular flexibility index (Phi) is 3.39. The number of nitrogens with one attached hydrogen (secondary N) is 1. The topological polar surface area (TPSA) is 21.3 Å². The SMILES string of the molecule is Brc1ccc(OC2CCC2)c(C2CCNC2)c1. The van der Waals surface area contributed by atoms with Crippen LogP contribution >= 0.6 is 15.9 Å². The maximum atomic E-state index is 6.10. The first-order chi connectivity index (χ1) is 8.33. The first-order valence-electron chi connectivity index (χ1n) is 6.50. The first kappa shape index (κ1) is 11.5. The zero-order valence-corrected chi connectivity index (χ0v) is 11.5. The van der Waals surface area contributed by atoms with Crippen LogP contribution in [0.4, 0.5) is 0 Å². The van der Waals surface area contributed by atoms with Gasteiger partial charge in [-0.25, -0.2) is 0 Å². The standard InChI is InChI=1S/C14H18BrNO/c15-11-4-5-14(17-12-2-1-3-12)13(8-11)10-6-7-16-9-10/h4-5,8,10,12,16H,1-3,6-7,9H2. The summed E-state index contributed by atoms with van der Waals surface area (Å²) in [7, 11) is 0. The molecule has 0 aromatic heterocycles. The van der Waals surface area contributed by atoms with Crippen molar-refractivity contribution in [2.45, 2.75) is 37.7 Å². The Balaban J connectivity index is 1.84. The van der Waals surface area contributed by atoms with E-state index in [0.717, 1.165) is 23.3 Å². The monoisotopic (exact) mass is 295 g/mol. The Hall–Kier alpha value is -0.540. The van der Waals surface area contributed by atoms with Crippen molar-refractivity contribution in [3.8, 4) is 5.75 Å². The fourth-order valence-corrected chi connectivity index (χ4v) is 2.91. The zero-order chi connectivity index (χ0) is 11.7. The summed E-state index contributed by atoms with van der Waals surface area (Å²) >= 11 is 3.56. The second-order valence-electron chi connectivity index (χ2n) is 5.04. The fourth-order valence-electron chi connectivity index (χ4n) is 2.53. The molecule has 1 atom stereocenters. The number of hydrogen-bond acceptors (Lipinski definition) is 2. The van der Waals surface area contributed by atoms with Crippen molar-refractivity contribution in [2.24, 2.45) is 0 Å². The molecule has 92 valence electrons. The minimum Gasteiger partial charge on any atom is -0.490 e. The van der Waals surface area contributed by atoms with Crippen LogP contribution in [0.15, 0.2) is 22.7 Å². The largest absolute Gasteiger partial charge is 0.490 e. The summed E-state index contributed by atoms with van der Waals surface area (Å²) < 4.78 is 7.25. The normalized spacial score (nSPS) is 24.6. The number of rotatable bonds is 3. The molecule has 1 aromatic carbocycles. The minimum atomic E-state index is 0.462. The van der Waals surface area contributed by atoms with E-state index in [1.807, 2.05) is 0 Å². The fraction of sp³-hybridized carbons (Fsp3) is 0.571. The van der Waals surface area contributed by atoms with Gasteiger partial charge in [0.25, 0.3) is 0 Å². The van der Waals surface area contributed by atoms with E-state index in [4.69, 9.17) is 4.74 Å². The van der Waals surface area contributed by atoms with Crippen LogP contribution in [0.1, 0.15) is 37.2 Å². The highest BCUT2D eigenvalue weighted by molar-refractivity contribution is 9.10. The van der Waals surface area contributed by atoms with Crippen LogP contribution in [0.5, 0.6) is 5.75 Å². The molecule has 1 unspecified atom stereocenters. The molecule has 3 rings (SSSR count). The van der Waals surface area contributed by atoms with Crippen LogP contribution in [0.2, 0.25) is 0 Å². The summed E-state index contributed by atoms with van der Waals surface area (Å²) in [5.74, 6) is 1.72. The molecule has 2 nitrogen and oxygen atoms in total. The third kappa shape index (κ3) is 2.50. The van der Waals surface area contributed by atoms with Gasteiger partial charge in [-0.05, 0) is 56.0 Å². The molecule has 2 fully saturated rings. The molecule has 1 N–H and O–H groups in total. The lowest BCUT2D eigenvalue weighted by Gasteiger charge is -2.28. The Labute approximate surface area is 111 Å². The summed E-state index contributed by atoms with van der Waals surface area (Å²) in [6, 6.07) is 6.43. The summed E-state index contributed by atoms with van der Waals surface area (Å²) in [6.07, 6.45) is 5.44. The van der Waals surface area contributed by atoms with Gasteiger partial charge in [-0.2, -0.15) is 0 Å². The smallest absolute Gasteiger partial charge is 0.123 e. The van der Waals surface area contributed by atoms with E-state index in [-0.39, 0.29) is 0 Å². The second-order valence-corrected chi connectivity index (χ2v) is 5.96. The van der Waals surface area contributed by atoms with Crippen LogP contribution < -0.4 is 10.1 Å². The maximum absolute atomic E-state index is 6.10. The van der Waals surface area contributed by atoms with Crippen molar-refractivity contribution < 1.29 is 4.74 Å². The van der Waals surface area contributed by atoms with Gasteiger partial charge in [-0.15, -0.1) is 0 Å². The van der Waals surface area contributed by atoms with Crippen molar-refractivity contribution in [1.82, 2.24) is 5.32 Å². The van der Waals surface area contributed by atoms with E-state index in [1.165, 1.54) is 31.2 Å². The molecule has 1 aliphatic heterocycles. The van der Waals surface area contributed by atoms with Crippen molar-refractivity contribution in [2.75, 3.05) is 13.1 Å². The number of hydrogen-bond donors (Lipinski definition) is 1. The third-order valence-electron chi connectivity index (χ3n) is 3.82. The lowest BCUT2D eigenvalue weighted by Crippen LogP contribution is -2.25. The van der Waals surface area contributed by atoms with Gasteiger partial charge in [0.15, 0.2) is 0 Å². The molecule has 0 bridgehead atoms. The highest BCUT2D eigenvalue weighted by Gasteiger charge is 2.24. The van der Waals surface area contributed by atoms with Crippen molar-refractivity contribution in [1.29, 1.82) is 0 Å². The molecule has 0 spiro atoms. The number of benzene rings is 1. The quantitative estimate of drug-likeness (QED) is 0.922. The first-order valence-corrected chi connectivity index (χ1v) is 7.29. The number of ether oxygens (including phenoxy) is 1. The minimum absolute atomic E-state index is 0.462. The van der Waals surface area contributed by atoms with E-state index >= 15 is 0 Å². The molecule has 1 aromatic rings. The maximum Gasteiger partial charge on any atom is 0.123 e. The van der Waals surface area contributed by atoms with Gasteiger partial charge in [0, 0.05) is 16.9 Å². The molecule has 1 heterocycles. The summed E-state index contributed by atoms with van der Waals surface area (Å²) in [5.41, 5.74) is 1.37. The van der Waals surface area contributed by atoms with Crippen molar-refractivity contribution >= 4 is 15.9 Å². The lowest BCUT2D eigenvalue weighted by molar-refractivity contribution is 0.118. The van der Waals surface area contributed by atoms with Crippen LogP contribution in [-0.2, 0) is 0 Å². The Morgan fingerprint density at radius 3 is 2.76 bits per heavy atom.